The number of hydrogen-bond acceptors (Lipinski definition) is 4. The van der Waals surface area contributed by atoms with Crippen molar-refractivity contribution in [3.05, 3.63) is 29.8 Å². The standard InChI is InChI=1S/C16H24N2O4S/c1-13-6-3-4-7-15(13)22-11-5-9-17-16(19)18-10-8-14(12-18)23(2,20)21/h3-4,6-7,14H,5,8-12H2,1-2H3,(H,17,19)/t14-/m1/s1. The van der Waals surface area contributed by atoms with Gasteiger partial charge in [-0.05, 0) is 31.4 Å². The SMILES string of the molecule is Cc1ccccc1OCCCNC(=O)N1CC[C@@H](S(C)(=O)=O)C1. The normalized spacial score (nSPS) is 18.0. The number of carbonyl (C=O) groups is 1. The van der Waals surface area contributed by atoms with Crippen LogP contribution in [0.5, 0.6) is 5.75 Å². The van der Waals surface area contributed by atoms with Gasteiger partial charge in [-0.2, -0.15) is 0 Å². The largest absolute Gasteiger partial charge is 0.493 e. The highest BCUT2D eigenvalue weighted by atomic mass is 32.2. The molecule has 1 aromatic rings. The van der Waals surface area contributed by atoms with Crippen molar-refractivity contribution < 1.29 is 17.9 Å². The minimum absolute atomic E-state index is 0.202. The lowest BCUT2D eigenvalue weighted by Crippen LogP contribution is -2.40. The number of aryl methyl sites for hydroxylation is 1. The Balaban J connectivity index is 1.65. The Labute approximate surface area is 137 Å². The van der Waals surface area contributed by atoms with Crippen LogP contribution in [0.1, 0.15) is 18.4 Å². The Morgan fingerprint density at radius 3 is 2.78 bits per heavy atom. The van der Waals surface area contributed by atoms with Crippen LogP contribution < -0.4 is 10.1 Å². The van der Waals surface area contributed by atoms with E-state index in [1.165, 1.54) is 6.26 Å². The maximum absolute atomic E-state index is 12.0. The molecule has 0 aliphatic carbocycles. The first-order valence-electron chi connectivity index (χ1n) is 7.78. The number of carbonyl (C=O) groups excluding carboxylic acids is 1. The summed E-state index contributed by atoms with van der Waals surface area (Å²) in [6.45, 7) is 3.79. The molecule has 1 N–H and O–H groups in total. The second-order valence-electron chi connectivity index (χ2n) is 5.89. The minimum Gasteiger partial charge on any atom is -0.493 e. The summed E-state index contributed by atoms with van der Waals surface area (Å²) in [5.41, 5.74) is 1.08. The quantitative estimate of drug-likeness (QED) is 0.798. The van der Waals surface area contributed by atoms with Crippen LogP contribution in [0.4, 0.5) is 4.79 Å². The molecule has 1 aliphatic heterocycles. The van der Waals surface area contributed by atoms with E-state index in [1.54, 1.807) is 4.90 Å². The minimum atomic E-state index is -3.07. The first kappa shape index (κ1) is 17.6. The molecule has 128 valence electrons. The molecule has 1 aromatic carbocycles. The predicted octanol–water partition coefficient (Wildman–Crippen LogP) is 1.59. The number of sulfone groups is 1. The summed E-state index contributed by atoms with van der Waals surface area (Å²) in [6, 6.07) is 7.59. The fourth-order valence-electron chi connectivity index (χ4n) is 2.54. The molecule has 2 rings (SSSR count). The lowest BCUT2D eigenvalue weighted by Gasteiger charge is -2.17. The van der Waals surface area contributed by atoms with Gasteiger partial charge in [-0.3, -0.25) is 0 Å². The van der Waals surface area contributed by atoms with Gasteiger partial charge in [-0.1, -0.05) is 18.2 Å². The highest BCUT2D eigenvalue weighted by molar-refractivity contribution is 7.91. The topological polar surface area (TPSA) is 75.7 Å². The zero-order valence-electron chi connectivity index (χ0n) is 13.6. The number of likely N-dealkylation sites (tertiary alicyclic amines) is 1. The van der Waals surface area contributed by atoms with E-state index >= 15 is 0 Å². The summed E-state index contributed by atoms with van der Waals surface area (Å²) in [5.74, 6) is 0.856. The fraction of sp³-hybridized carbons (Fsp3) is 0.562. The van der Waals surface area contributed by atoms with E-state index in [2.05, 4.69) is 5.32 Å². The number of hydrogen-bond donors (Lipinski definition) is 1. The number of nitrogens with zero attached hydrogens (tertiary/aromatic N) is 1. The summed E-state index contributed by atoms with van der Waals surface area (Å²) < 4.78 is 28.6. The van der Waals surface area contributed by atoms with Crippen molar-refractivity contribution in [1.29, 1.82) is 0 Å². The average Bonchev–Trinajstić information content (AvgIpc) is 2.98. The molecule has 23 heavy (non-hydrogen) atoms. The molecule has 1 heterocycles. The second-order valence-corrected chi connectivity index (χ2v) is 8.21. The molecular weight excluding hydrogens is 316 g/mol. The van der Waals surface area contributed by atoms with Gasteiger partial charge in [0.25, 0.3) is 0 Å². The molecule has 1 aliphatic rings. The lowest BCUT2D eigenvalue weighted by atomic mass is 10.2. The van der Waals surface area contributed by atoms with Crippen molar-refractivity contribution in [2.24, 2.45) is 0 Å². The number of para-hydroxylation sites is 1. The molecule has 0 unspecified atom stereocenters. The van der Waals surface area contributed by atoms with Crippen LogP contribution in [0.25, 0.3) is 0 Å². The monoisotopic (exact) mass is 340 g/mol. The maximum Gasteiger partial charge on any atom is 0.317 e. The highest BCUT2D eigenvalue weighted by Gasteiger charge is 2.32. The molecule has 1 atom stereocenters. The van der Waals surface area contributed by atoms with Gasteiger partial charge in [0.1, 0.15) is 5.75 Å². The van der Waals surface area contributed by atoms with Crippen LogP contribution in [0, 0.1) is 6.92 Å². The summed E-state index contributed by atoms with van der Waals surface area (Å²) >= 11 is 0. The van der Waals surface area contributed by atoms with Gasteiger partial charge in [0, 0.05) is 25.9 Å². The van der Waals surface area contributed by atoms with E-state index in [4.69, 9.17) is 4.74 Å². The Morgan fingerprint density at radius 2 is 2.13 bits per heavy atom. The Hall–Kier alpha value is -1.76. The number of rotatable bonds is 6. The third kappa shape index (κ3) is 5.13. The smallest absolute Gasteiger partial charge is 0.317 e. The van der Waals surface area contributed by atoms with E-state index in [0.717, 1.165) is 11.3 Å². The van der Waals surface area contributed by atoms with Gasteiger partial charge in [-0.15, -0.1) is 0 Å². The zero-order valence-corrected chi connectivity index (χ0v) is 14.4. The summed E-state index contributed by atoms with van der Waals surface area (Å²) in [6.07, 6.45) is 2.44. The average molecular weight is 340 g/mol. The van der Waals surface area contributed by atoms with Gasteiger partial charge < -0.3 is 15.0 Å². The number of urea groups is 1. The van der Waals surface area contributed by atoms with Gasteiger partial charge in [0.2, 0.25) is 0 Å². The third-order valence-electron chi connectivity index (χ3n) is 3.99. The number of amides is 2. The van der Waals surface area contributed by atoms with E-state index < -0.39 is 15.1 Å². The van der Waals surface area contributed by atoms with Gasteiger partial charge in [0.05, 0.1) is 11.9 Å². The van der Waals surface area contributed by atoms with Crippen LogP contribution in [0.3, 0.4) is 0 Å². The fourth-order valence-corrected chi connectivity index (χ4v) is 3.53. The molecular formula is C16H24N2O4S. The number of nitrogens with one attached hydrogen (secondary N) is 1. The molecule has 1 saturated heterocycles. The second kappa shape index (κ2) is 7.68. The Bertz CT molecular complexity index is 645. The summed E-state index contributed by atoms with van der Waals surface area (Å²) in [4.78, 5) is 13.5. The van der Waals surface area contributed by atoms with Crippen molar-refractivity contribution in [2.45, 2.75) is 25.0 Å². The molecule has 2 amide bonds. The summed E-state index contributed by atoms with van der Waals surface area (Å²) in [7, 11) is -3.07. The lowest BCUT2D eigenvalue weighted by molar-refractivity contribution is 0.207. The van der Waals surface area contributed by atoms with Crippen molar-refractivity contribution in [2.75, 3.05) is 32.5 Å². The molecule has 7 heteroatoms. The Kier molecular flexibility index (Phi) is 5.87. The third-order valence-corrected chi connectivity index (χ3v) is 5.58. The first-order chi connectivity index (χ1) is 10.9. The van der Waals surface area contributed by atoms with Crippen molar-refractivity contribution in [1.82, 2.24) is 10.2 Å². The van der Waals surface area contributed by atoms with Crippen LogP contribution in [-0.2, 0) is 9.84 Å². The highest BCUT2D eigenvalue weighted by Crippen LogP contribution is 2.17. The molecule has 1 fully saturated rings. The molecule has 0 spiro atoms. The molecule has 0 bridgehead atoms. The summed E-state index contributed by atoms with van der Waals surface area (Å²) in [5, 5.41) is 2.38. The van der Waals surface area contributed by atoms with Crippen LogP contribution >= 0.6 is 0 Å². The predicted molar refractivity (Wildman–Crippen MR) is 89.5 cm³/mol. The Morgan fingerprint density at radius 1 is 1.39 bits per heavy atom. The van der Waals surface area contributed by atoms with E-state index in [9.17, 15) is 13.2 Å². The van der Waals surface area contributed by atoms with Crippen molar-refractivity contribution >= 4 is 15.9 Å². The molecule has 6 nitrogen and oxygen atoms in total. The van der Waals surface area contributed by atoms with E-state index in [-0.39, 0.29) is 12.6 Å². The van der Waals surface area contributed by atoms with Crippen LogP contribution in [0.15, 0.2) is 24.3 Å². The molecule has 0 aromatic heterocycles. The van der Waals surface area contributed by atoms with E-state index in [0.29, 0.717) is 32.5 Å². The van der Waals surface area contributed by atoms with Crippen LogP contribution in [-0.4, -0.2) is 57.1 Å². The van der Waals surface area contributed by atoms with Gasteiger partial charge in [0.15, 0.2) is 9.84 Å². The van der Waals surface area contributed by atoms with Crippen LogP contribution in [0.2, 0.25) is 0 Å². The van der Waals surface area contributed by atoms with Gasteiger partial charge in [-0.25, -0.2) is 13.2 Å². The number of benzene rings is 1. The first-order valence-corrected chi connectivity index (χ1v) is 9.73. The zero-order chi connectivity index (χ0) is 16.9. The molecule has 0 saturated carbocycles. The van der Waals surface area contributed by atoms with E-state index in [1.807, 2.05) is 31.2 Å². The van der Waals surface area contributed by atoms with Crippen molar-refractivity contribution in [3.63, 3.8) is 0 Å². The molecule has 0 radical (unpaired) electrons. The maximum atomic E-state index is 12.0. The van der Waals surface area contributed by atoms with Crippen molar-refractivity contribution in [3.8, 4) is 5.75 Å². The van der Waals surface area contributed by atoms with Gasteiger partial charge >= 0.3 is 6.03 Å². The number of ether oxygens (including phenoxy) is 1.